The van der Waals surface area contributed by atoms with E-state index in [-0.39, 0.29) is 48.8 Å². The Morgan fingerprint density at radius 3 is 2.35 bits per heavy atom. The molecule has 2 aliphatic heterocycles. The van der Waals surface area contributed by atoms with Crippen LogP contribution >= 0.6 is 22.7 Å². The monoisotopic (exact) mass is 1100 g/mol. The highest BCUT2D eigenvalue weighted by molar-refractivity contribution is 7.22. The minimum Gasteiger partial charge on any atom is -0.493 e. The number of aliphatic hydroxyl groups excluding tert-OH is 1. The predicted octanol–water partition coefficient (Wildman–Crippen LogP) is 10.7. The molecule has 0 spiro atoms. The van der Waals surface area contributed by atoms with Gasteiger partial charge in [-0.15, -0.1) is 11.3 Å². The van der Waals surface area contributed by atoms with Gasteiger partial charge in [-0.3, -0.25) is 24.5 Å². The average molecular weight is 1110 g/mol. The van der Waals surface area contributed by atoms with Crippen LogP contribution in [0.3, 0.4) is 0 Å². The van der Waals surface area contributed by atoms with Crippen molar-refractivity contribution in [1.82, 2.24) is 30.5 Å². The maximum atomic E-state index is 14.2. The summed E-state index contributed by atoms with van der Waals surface area (Å²) < 4.78 is 7.23. The molecule has 0 bridgehead atoms. The van der Waals surface area contributed by atoms with Crippen molar-refractivity contribution in [3.8, 4) is 27.3 Å². The number of fused-ring (bicyclic) bond motifs is 2. The molecule has 9 rings (SSSR count). The molecule has 0 aliphatic carbocycles. The molecule has 16 nitrogen and oxygen atoms in total. The number of unbranched alkanes of at least 4 members (excludes halogenated alkanes) is 4. The van der Waals surface area contributed by atoms with Crippen molar-refractivity contribution in [1.29, 1.82) is 0 Å². The van der Waals surface area contributed by atoms with Gasteiger partial charge in [-0.25, -0.2) is 19.7 Å². The van der Waals surface area contributed by atoms with Crippen LogP contribution in [0.5, 0.6) is 5.75 Å². The number of aromatic nitrogens is 3. The number of aliphatic hydroxyl groups is 1. The summed E-state index contributed by atoms with van der Waals surface area (Å²) in [4.78, 5) is 85.9. The Morgan fingerprint density at radius 1 is 0.848 bits per heavy atom. The van der Waals surface area contributed by atoms with Gasteiger partial charge in [-0.05, 0) is 115 Å². The number of carboxylic acids is 1. The Bertz CT molecular complexity index is 3340. The Kier molecular flexibility index (Phi) is 17.5. The first-order valence-electron chi connectivity index (χ1n) is 27.0. The van der Waals surface area contributed by atoms with E-state index in [9.17, 15) is 34.2 Å². The number of hydrogen-bond acceptors (Lipinski definition) is 13. The molecule has 79 heavy (non-hydrogen) atoms. The number of aromatic carboxylic acids is 1. The van der Waals surface area contributed by atoms with Gasteiger partial charge in [0.05, 0.1) is 45.1 Å². The number of ether oxygens (including phenoxy) is 1. The van der Waals surface area contributed by atoms with Crippen LogP contribution in [0, 0.1) is 19.3 Å². The lowest BCUT2D eigenvalue weighted by Crippen LogP contribution is -2.57. The third-order valence-electron chi connectivity index (χ3n) is 14.9. The lowest BCUT2D eigenvalue weighted by atomic mass is 9.85. The molecule has 5 heterocycles. The number of likely N-dealkylation sites (tertiary alicyclic amines) is 1. The number of amides is 4. The van der Waals surface area contributed by atoms with E-state index in [1.807, 2.05) is 137 Å². The van der Waals surface area contributed by atoms with Crippen LogP contribution in [-0.2, 0) is 27.3 Å². The number of pyridine rings is 1. The normalized spacial score (nSPS) is 16.0. The molecule has 18 heteroatoms. The lowest BCUT2D eigenvalue weighted by Gasteiger charge is -2.35. The molecule has 0 saturated carbocycles. The number of nitrogens with zero attached hydrogens (tertiary/aromatic N) is 5. The first kappa shape index (κ1) is 56.2. The molecule has 1 saturated heterocycles. The zero-order valence-corrected chi connectivity index (χ0v) is 47.1. The number of benzene rings is 4. The van der Waals surface area contributed by atoms with Gasteiger partial charge >= 0.3 is 5.97 Å². The van der Waals surface area contributed by atoms with E-state index in [2.05, 4.69) is 25.9 Å². The maximum absolute atomic E-state index is 14.2. The standard InChI is InChI=1S/C61H68N8O8S2/c1-36-43(44-27-28-51(65-53(44)59(75)76)68-30-29-40-16-14-18-45(46(40)34-68)56(72)67-60-64-47-19-11-12-21-50(47)79-60)17-15-20-49(36)77-31-13-9-7-8-10-22-52(71)66-55(61(4,5)6)58(74)69-33-42(70)32-48(69)57(73)63-37(2)39-23-25-41(26-24-39)54-38(3)62-35-78-54/h11-12,14-21,23-28,35,37,42,48,55,70H,7-10,13,22,29-34H2,1-6H3,(H,63,73)(H,66,71)(H,75,76)(H,64,67,72)/t37-,42+,48-,55+/m0/s1. The van der Waals surface area contributed by atoms with E-state index in [1.165, 1.54) is 16.2 Å². The van der Waals surface area contributed by atoms with Gasteiger partial charge in [0.2, 0.25) is 17.7 Å². The van der Waals surface area contributed by atoms with Crippen LogP contribution in [0.2, 0.25) is 0 Å². The summed E-state index contributed by atoms with van der Waals surface area (Å²) in [5.41, 5.74) is 9.25. The molecule has 1 fully saturated rings. The predicted molar refractivity (Wildman–Crippen MR) is 310 cm³/mol. The third kappa shape index (κ3) is 13.2. The molecule has 4 atom stereocenters. The molecule has 7 aromatic rings. The van der Waals surface area contributed by atoms with Gasteiger partial charge in [-0.1, -0.05) is 112 Å². The molecule has 4 aromatic carbocycles. The number of thiazole rings is 2. The molecule has 3 aromatic heterocycles. The number of aryl methyl sites for hydroxylation is 1. The van der Waals surface area contributed by atoms with Crippen LogP contribution in [-0.4, -0.2) is 97.5 Å². The number of nitrogens with one attached hydrogen (secondary N) is 3. The van der Waals surface area contributed by atoms with Crippen molar-refractivity contribution in [2.24, 2.45) is 5.41 Å². The number of rotatable bonds is 20. The Morgan fingerprint density at radius 2 is 1.61 bits per heavy atom. The van der Waals surface area contributed by atoms with Crippen molar-refractivity contribution in [2.75, 3.05) is 29.9 Å². The van der Waals surface area contributed by atoms with E-state index >= 15 is 0 Å². The summed E-state index contributed by atoms with van der Waals surface area (Å²) in [7, 11) is 0. The Hall–Kier alpha value is -7.54. The smallest absolute Gasteiger partial charge is 0.355 e. The summed E-state index contributed by atoms with van der Waals surface area (Å²) in [6.07, 6.45) is 4.06. The van der Waals surface area contributed by atoms with Crippen LogP contribution < -0.4 is 25.6 Å². The highest BCUT2D eigenvalue weighted by Crippen LogP contribution is 2.36. The fourth-order valence-electron chi connectivity index (χ4n) is 10.5. The van der Waals surface area contributed by atoms with Gasteiger partial charge in [0.25, 0.3) is 5.91 Å². The summed E-state index contributed by atoms with van der Waals surface area (Å²) in [6, 6.07) is 28.5. The van der Waals surface area contributed by atoms with Crippen molar-refractivity contribution in [3.05, 3.63) is 142 Å². The van der Waals surface area contributed by atoms with E-state index in [0.29, 0.717) is 65.9 Å². The highest BCUT2D eigenvalue weighted by atomic mass is 32.1. The van der Waals surface area contributed by atoms with Crippen molar-refractivity contribution >= 4 is 73.4 Å². The molecule has 0 unspecified atom stereocenters. The molecule has 412 valence electrons. The van der Waals surface area contributed by atoms with Gasteiger partial charge in [0.15, 0.2) is 10.8 Å². The van der Waals surface area contributed by atoms with Crippen molar-refractivity contribution < 1.29 is 38.9 Å². The number of hydrogen-bond donors (Lipinski definition) is 5. The molecule has 0 radical (unpaired) electrons. The number of carboxylic acid groups (broad SMARTS) is 1. The molecule has 5 N–H and O–H groups in total. The van der Waals surface area contributed by atoms with Gasteiger partial charge in [0, 0.05) is 43.6 Å². The second kappa shape index (κ2) is 24.6. The number of anilines is 2. The summed E-state index contributed by atoms with van der Waals surface area (Å²) in [5, 5.41) is 30.7. The largest absolute Gasteiger partial charge is 0.493 e. The summed E-state index contributed by atoms with van der Waals surface area (Å²) in [5.74, 6) is -1.25. The van der Waals surface area contributed by atoms with E-state index in [0.717, 1.165) is 74.3 Å². The minimum atomic E-state index is -1.15. The van der Waals surface area contributed by atoms with Crippen LogP contribution in [0.15, 0.2) is 103 Å². The molecule has 2 aliphatic rings. The van der Waals surface area contributed by atoms with E-state index in [1.54, 1.807) is 23.5 Å². The van der Waals surface area contributed by atoms with Crippen molar-refractivity contribution in [3.63, 3.8) is 0 Å². The second-order valence-electron chi connectivity index (χ2n) is 21.6. The Balaban J connectivity index is 0.732. The minimum absolute atomic E-state index is 0.00180. The second-order valence-corrected chi connectivity index (χ2v) is 23.5. The zero-order valence-electron chi connectivity index (χ0n) is 45.5. The van der Waals surface area contributed by atoms with E-state index < -0.39 is 35.5 Å². The topological polar surface area (TPSA) is 216 Å². The quantitative estimate of drug-likeness (QED) is 0.0451. The fourth-order valence-corrected chi connectivity index (χ4v) is 12.2. The van der Waals surface area contributed by atoms with E-state index in [4.69, 9.17) is 9.72 Å². The zero-order chi connectivity index (χ0) is 56.0. The Labute approximate surface area is 468 Å². The number of para-hydroxylation sites is 1. The van der Waals surface area contributed by atoms with Crippen LogP contribution in [0.1, 0.15) is 127 Å². The summed E-state index contributed by atoms with van der Waals surface area (Å²) in [6.45, 7) is 12.8. The van der Waals surface area contributed by atoms with Crippen LogP contribution in [0.25, 0.3) is 31.8 Å². The first-order valence-corrected chi connectivity index (χ1v) is 28.7. The van der Waals surface area contributed by atoms with Gasteiger partial charge < -0.3 is 35.4 Å². The third-order valence-corrected chi connectivity index (χ3v) is 16.8. The van der Waals surface area contributed by atoms with Gasteiger partial charge in [0.1, 0.15) is 23.7 Å². The lowest BCUT2D eigenvalue weighted by molar-refractivity contribution is -0.144. The van der Waals surface area contributed by atoms with Gasteiger partial charge in [-0.2, -0.15) is 0 Å². The highest BCUT2D eigenvalue weighted by Gasteiger charge is 2.45. The number of carbonyl (C=O) groups excluding carboxylic acids is 4. The maximum Gasteiger partial charge on any atom is 0.355 e. The average Bonchev–Trinajstić information content (AvgIpc) is 4.29. The molecule has 4 amide bonds. The molecular formula is C61H68N8O8S2. The molecular weight excluding hydrogens is 1040 g/mol. The fraction of sp³-hybridized carbons (Fsp3) is 0.377. The van der Waals surface area contributed by atoms with Crippen molar-refractivity contribution in [2.45, 2.75) is 124 Å². The number of β-amino-alcohol motifs (C(OH)–C–C–N with tert-alkyl or cyclic N) is 1. The number of carbonyl (C=O) groups is 5. The first-order chi connectivity index (χ1) is 37.9. The SMILES string of the molecule is Cc1ncsc1-c1ccc([C@H](C)NC(=O)[C@@H]2C[C@@H](O)CN2C(=O)[C@@H](NC(=O)CCCCCCCOc2cccc(-c3ccc(N4CCc5cccc(C(=O)Nc6nc7ccccc7s6)c5C4)nc3C(=O)O)c2C)C(C)(C)C)cc1. The van der Waals surface area contributed by atoms with Crippen LogP contribution in [0.4, 0.5) is 10.9 Å². The summed E-state index contributed by atoms with van der Waals surface area (Å²) >= 11 is 2.99.